The fraction of sp³-hybridized carbons (Fsp3) is 0.500. The van der Waals surface area contributed by atoms with E-state index in [2.05, 4.69) is 33.3 Å². The number of piperidine rings is 1. The van der Waals surface area contributed by atoms with Gasteiger partial charge in [-0.3, -0.25) is 4.98 Å². The summed E-state index contributed by atoms with van der Waals surface area (Å²) in [5, 5.41) is 5.17. The first-order valence-corrected chi connectivity index (χ1v) is 7.98. The van der Waals surface area contributed by atoms with Gasteiger partial charge in [-0.2, -0.15) is 0 Å². The van der Waals surface area contributed by atoms with Gasteiger partial charge in [-0.1, -0.05) is 11.6 Å². The van der Waals surface area contributed by atoms with Gasteiger partial charge in [0.1, 0.15) is 11.0 Å². The Balaban J connectivity index is 1.63. The number of rotatable bonds is 2. The number of halogens is 1. The molecule has 4 rings (SSSR count). The zero-order valence-corrected chi connectivity index (χ0v) is 12.8. The third-order valence-corrected chi connectivity index (χ3v) is 5.20. The molecule has 2 bridgehead atoms. The Morgan fingerprint density at radius 2 is 2.05 bits per heavy atom. The maximum atomic E-state index is 6.14. The molecule has 2 fully saturated rings. The zero-order chi connectivity index (χ0) is 14.4. The molecular weight excluding hydrogens is 284 g/mol. The second kappa shape index (κ2) is 5.11. The van der Waals surface area contributed by atoms with E-state index in [1.54, 1.807) is 6.20 Å². The number of anilines is 1. The summed E-state index contributed by atoms with van der Waals surface area (Å²) in [7, 11) is 2.26. The van der Waals surface area contributed by atoms with Gasteiger partial charge in [0, 0.05) is 35.8 Å². The second-order valence-corrected chi connectivity index (χ2v) is 6.61. The monoisotopic (exact) mass is 302 g/mol. The molecule has 0 unspecified atom stereocenters. The van der Waals surface area contributed by atoms with Gasteiger partial charge < -0.3 is 10.2 Å². The summed E-state index contributed by atoms with van der Waals surface area (Å²) >= 11 is 6.14. The molecule has 2 aromatic heterocycles. The van der Waals surface area contributed by atoms with Crippen LogP contribution in [0.5, 0.6) is 0 Å². The van der Waals surface area contributed by atoms with Crippen LogP contribution in [-0.2, 0) is 0 Å². The van der Waals surface area contributed by atoms with Crippen LogP contribution in [0.25, 0.3) is 10.9 Å². The van der Waals surface area contributed by atoms with Crippen molar-refractivity contribution in [1.29, 1.82) is 0 Å². The molecule has 2 aliphatic rings. The van der Waals surface area contributed by atoms with E-state index in [1.165, 1.54) is 25.7 Å². The number of hydrogen-bond donors (Lipinski definition) is 1. The standard InChI is InChI=1S/C16H19ClN4/c1-21-11-4-5-12(21)8-10(7-11)19-16-13-3-2-6-18-14(13)9-15(17)20-16/h2-3,6,9-12H,4-5,7-8H2,1H3,(H,19,20)/t10-,11-,12+. The predicted molar refractivity (Wildman–Crippen MR) is 85.8 cm³/mol. The molecule has 1 N–H and O–H groups in total. The number of fused-ring (bicyclic) bond motifs is 3. The van der Waals surface area contributed by atoms with Crippen LogP contribution in [0.3, 0.4) is 0 Å². The van der Waals surface area contributed by atoms with Crippen molar-refractivity contribution in [1.82, 2.24) is 14.9 Å². The minimum Gasteiger partial charge on any atom is -0.367 e. The van der Waals surface area contributed by atoms with E-state index in [0.717, 1.165) is 16.7 Å². The lowest BCUT2D eigenvalue weighted by Gasteiger charge is -2.36. The van der Waals surface area contributed by atoms with Crippen molar-refractivity contribution in [2.24, 2.45) is 0 Å². The van der Waals surface area contributed by atoms with Crippen molar-refractivity contribution in [2.75, 3.05) is 12.4 Å². The number of nitrogens with zero attached hydrogens (tertiary/aromatic N) is 3. The van der Waals surface area contributed by atoms with Gasteiger partial charge in [-0.15, -0.1) is 0 Å². The number of pyridine rings is 2. The van der Waals surface area contributed by atoms with E-state index in [4.69, 9.17) is 11.6 Å². The molecule has 21 heavy (non-hydrogen) atoms. The van der Waals surface area contributed by atoms with Crippen LogP contribution in [0.2, 0.25) is 5.15 Å². The zero-order valence-electron chi connectivity index (χ0n) is 12.1. The van der Waals surface area contributed by atoms with E-state index in [-0.39, 0.29) is 0 Å². The van der Waals surface area contributed by atoms with Crippen LogP contribution in [-0.4, -0.2) is 40.0 Å². The molecule has 4 heterocycles. The molecule has 0 aromatic carbocycles. The van der Waals surface area contributed by atoms with Gasteiger partial charge in [0.15, 0.2) is 0 Å². The highest BCUT2D eigenvalue weighted by Gasteiger charge is 2.38. The molecule has 0 radical (unpaired) electrons. The van der Waals surface area contributed by atoms with Gasteiger partial charge in [-0.05, 0) is 44.9 Å². The summed E-state index contributed by atoms with van der Waals surface area (Å²) in [5.41, 5.74) is 0.899. The molecule has 2 aromatic rings. The first kappa shape index (κ1) is 13.3. The Kier molecular flexibility index (Phi) is 3.23. The van der Waals surface area contributed by atoms with Crippen molar-refractivity contribution in [3.63, 3.8) is 0 Å². The van der Waals surface area contributed by atoms with Gasteiger partial charge in [-0.25, -0.2) is 4.98 Å². The van der Waals surface area contributed by atoms with E-state index in [1.807, 2.05) is 12.1 Å². The smallest absolute Gasteiger partial charge is 0.137 e. The molecule has 110 valence electrons. The summed E-state index contributed by atoms with van der Waals surface area (Å²) in [4.78, 5) is 11.4. The number of hydrogen-bond acceptors (Lipinski definition) is 4. The third kappa shape index (κ3) is 2.36. The fourth-order valence-electron chi connectivity index (χ4n) is 3.88. The second-order valence-electron chi connectivity index (χ2n) is 6.23. The molecule has 0 amide bonds. The molecule has 2 aliphatic heterocycles. The molecule has 4 nitrogen and oxygen atoms in total. The molecule has 2 saturated heterocycles. The van der Waals surface area contributed by atoms with Crippen molar-refractivity contribution >= 4 is 28.3 Å². The minimum absolute atomic E-state index is 0.480. The number of nitrogens with one attached hydrogen (secondary N) is 1. The largest absolute Gasteiger partial charge is 0.367 e. The molecule has 5 heteroatoms. The predicted octanol–water partition coefficient (Wildman–Crippen LogP) is 3.32. The summed E-state index contributed by atoms with van der Waals surface area (Å²) in [6, 6.07) is 7.72. The highest BCUT2D eigenvalue weighted by Crippen LogP contribution is 2.36. The lowest BCUT2D eigenvalue weighted by atomic mass is 9.98. The lowest BCUT2D eigenvalue weighted by molar-refractivity contribution is 0.169. The molecular formula is C16H19ClN4. The first-order chi connectivity index (χ1) is 10.2. The van der Waals surface area contributed by atoms with Crippen LogP contribution < -0.4 is 5.32 Å². The maximum Gasteiger partial charge on any atom is 0.137 e. The number of aromatic nitrogens is 2. The van der Waals surface area contributed by atoms with Crippen molar-refractivity contribution in [3.05, 3.63) is 29.5 Å². The van der Waals surface area contributed by atoms with Crippen molar-refractivity contribution < 1.29 is 0 Å². The van der Waals surface area contributed by atoms with E-state index >= 15 is 0 Å². The average Bonchev–Trinajstić information content (AvgIpc) is 2.70. The summed E-state index contributed by atoms with van der Waals surface area (Å²) in [5.74, 6) is 0.875. The summed E-state index contributed by atoms with van der Waals surface area (Å²) < 4.78 is 0. The minimum atomic E-state index is 0.480. The van der Waals surface area contributed by atoms with Crippen LogP contribution in [0.4, 0.5) is 5.82 Å². The SMILES string of the molecule is CN1[C@@H]2CC[C@H]1C[C@H](Nc1nc(Cl)cc3ncccc13)C2. The van der Waals surface area contributed by atoms with Gasteiger partial charge in [0.2, 0.25) is 0 Å². The maximum absolute atomic E-state index is 6.14. The third-order valence-electron chi connectivity index (χ3n) is 5.01. The first-order valence-electron chi connectivity index (χ1n) is 7.60. The Labute approximate surface area is 129 Å². The van der Waals surface area contributed by atoms with E-state index in [9.17, 15) is 0 Å². The quantitative estimate of drug-likeness (QED) is 0.864. The van der Waals surface area contributed by atoms with E-state index < -0.39 is 0 Å². The fourth-order valence-corrected chi connectivity index (χ4v) is 4.07. The van der Waals surface area contributed by atoms with Crippen LogP contribution in [0.15, 0.2) is 24.4 Å². The van der Waals surface area contributed by atoms with Crippen molar-refractivity contribution in [2.45, 2.75) is 43.8 Å². The molecule has 3 atom stereocenters. The Bertz CT molecular complexity index is 660. The van der Waals surface area contributed by atoms with Gasteiger partial charge in [0.05, 0.1) is 5.52 Å². The molecule has 0 aliphatic carbocycles. The van der Waals surface area contributed by atoms with Gasteiger partial charge >= 0.3 is 0 Å². The average molecular weight is 303 g/mol. The van der Waals surface area contributed by atoms with Crippen molar-refractivity contribution in [3.8, 4) is 0 Å². The van der Waals surface area contributed by atoms with Crippen LogP contribution in [0.1, 0.15) is 25.7 Å². The topological polar surface area (TPSA) is 41.0 Å². The summed E-state index contributed by atoms with van der Waals surface area (Å²) in [6.07, 6.45) is 6.80. The Hall–Kier alpha value is -1.39. The van der Waals surface area contributed by atoms with Gasteiger partial charge in [0.25, 0.3) is 0 Å². The van der Waals surface area contributed by atoms with Crippen LogP contribution >= 0.6 is 11.6 Å². The van der Waals surface area contributed by atoms with Crippen LogP contribution in [0, 0.1) is 0 Å². The van der Waals surface area contributed by atoms with E-state index in [0.29, 0.717) is 23.3 Å². The Morgan fingerprint density at radius 3 is 2.81 bits per heavy atom. The molecule has 0 spiro atoms. The Morgan fingerprint density at radius 1 is 1.29 bits per heavy atom. The highest BCUT2D eigenvalue weighted by molar-refractivity contribution is 6.30. The highest BCUT2D eigenvalue weighted by atomic mass is 35.5. The normalized spacial score (nSPS) is 29.0. The lowest BCUT2D eigenvalue weighted by Crippen LogP contribution is -2.44. The summed E-state index contributed by atoms with van der Waals surface area (Å²) in [6.45, 7) is 0. The molecule has 0 saturated carbocycles.